The van der Waals surface area contributed by atoms with Crippen molar-refractivity contribution in [1.82, 2.24) is 31.9 Å². The Hall–Kier alpha value is -5.35. The average Bonchev–Trinajstić information content (AvgIpc) is 3.15. The number of rotatable bonds is 24. The summed E-state index contributed by atoms with van der Waals surface area (Å²) >= 11 is 0. The Bertz CT molecular complexity index is 1620. The fraction of sp³-hybridized carbons (Fsp3) is 0.537. The third-order valence-electron chi connectivity index (χ3n) is 9.15. The van der Waals surface area contributed by atoms with E-state index in [4.69, 9.17) is 11.5 Å². The molecule has 0 radical (unpaired) electrons. The van der Waals surface area contributed by atoms with Crippen LogP contribution in [0.4, 0.5) is 0 Å². The number of unbranched alkanes of at least 4 members (excludes halogenated alkanes) is 1. The Morgan fingerprint density at radius 2 is 1.04 bits per heavy atom. The number of nitrogens with one attached hydrogen (secondary N) is 6. The molecule has 7 atom stereocenters. The number of carbonyl (C=O) groups excluding carboxylic acids is 6. The van der Waals surface area contributed by atoms with Gasteiger partial charge in [0.05, 0.1) is 6.04 Å². The van der Waals surface area contributed by atoms with Gasteiger partial charge in [0.1, 0.15) is 36.3 Å². The van der Waals surface area contributed by atoms with Crippen molar-refractivity contribution >= 4 is 41.4 Å². The number of carbonyl (C=O) groups is 7. The van der Waals surface area contributed by atoms with Gasteiger partial charge in [-0.25, -0.2) is 4.79 Å². The first-order valence-electron chi connectivity index (χ1n) is 19.5. The summed E-state index contributed by atoms with van der Waals surface area (Å²) in [6.07, 6.45) is 1.50. The third-order valence-corrected chi connectivity index (χ3v) is 9.15. The molecule has 16 heteroatoms. The van der Waals surface area contributed by atoms with Crippen molar-refractivity contribution in [2.75, 3.05) is 6.54 Å². The molecule has 57 heavy (non-hydrogen) atoms. The van der Waals surface area contributed by atoms with Crippen molar-refractivity contribution in [3.63, 3.8) is 0 Å². The lowest BCUT2D eigenvalue weighted by atomic mass is 9.98. The minimum absolute atomic E-state index is 0.0161. The summed E-state index contributed by atoms with van der Waals surface area (Å²) in [6.45, 7) is 10.4. The molecule has 0 heterocycles. The first-order chi connectivity index (χ1) is 26.9. The van der Waals surface area contributed by atoms with Crippen molar-refractivity contribution in [3.8, 4) is 0 Å². The smallest absolute Gasteiger partial charge is 0.326 e. The molecule has 0 aromatic heterocycles. The highest BCUT2D eigenvalue weighted by atomic mass is 16.4. The predicted molar refractivity (Wildman–Crippen MR) is 216 cm³/mol. The van der Waals surface area contributed by atoms with E-state index >= 15 is 0 Å². The van der Waals surface area contributed by atoms with Gasteiger partial charge < -0.3 is 48.5 Å². The molecule has 2 aromatic carbocycles. The molecular weight excluding hydrogens is 732 g/mol. The van der Waals surface area contributed by atoms with Crippen molar-refractivity contribution in [2.45, 2.75) is 122 Å². The van der Waals surface area contributed by atoms with Crippen LogP contribution < -0.4 is 43.4 Å². The predicted octanol–water partition coefficient (Wildman–Crippen LogP) is 0.663. The van der Waals surface area contributed by atoms with Gasteiger partial charge in [0.2, 0.25) is 35.4 Å². The summed E-state index contributed by atoms with van der Waals surface area (Å²) in [5.41, 5.74) is 12.7. The third kappa shape index (κ3) is 17.1. The van der Waals surface area contributed by atoms with E-state index in [9.17, 15) is 38.7 Å². The van der Waals surface area contributed by atoms with Crippen LogP contribution in [-0.4, -0.2) is 95.4 Å². The molecule has 0 aliphatic rings. The minimum Gasteiger partial charge on any atom is -0.480 e. The number of benzene rings is 2. The monoisotopic (exact) mass is 794 g/mol. The second kappa shape index (κ2) is 24.3. The van der Waals surface area contributed by atoms with E-state index < -0.39 is 89.6 Å². The summed E-state index contributed by atoms with van der Waals surface area (Å²) < 4.78 is 0. The molecule has 0 unspecified atom stereocenters. The minimum atomic E-state index is -1.28. The molecule has 0 saturated heterocycles. The molecule has 2 aromatic rings. The van der Waals surface area contributed by atoms with E-state index in [1.165, 1.54) is 13.8 Å². The molecule has 11 N–H and O–H groups in total. The largest absolute Gasteiger partial charge is 0.480 e. The molecule has 0 aliphatic carbocycles. The van der Waals surface area contributed by atoms with Gasteiger partial charge in [0, 0.05) is 12.8 Å². The zero-order chi connectivity index (χ0) is 42.7. The van der Waals surface area contributed by atoms with E-state index in [1.807, 2.05) is 13.8 Å². The Morgan fingerprint density at radius 3 is 1.53 bits per heavy atom. The van der Waals surface area contributed by atoms with Gasteiger partial charge in [-0.15, -0.1) is 0 Å². The number of nitrogens with two attached hydrogens (primary N) is 2. The van der Waals surface area contributed by atoms with Crippen molar-refractivity contribution in [2.24, 2.45) is 23.3 Å². The lowest BCUT2D eigenvalue weighted by Gasteiger charge is -2.29. The molecule has 0 fully saturated rings. The second-order valence-electron chi connectivity index (χ2n) is 15.1. The molecule has 16 nitrogen and oxygen atoms in total. The molecule has 0 spiro atoms. The number of hydrogen-bond donors (Lipinski definition) is 9. The molecule has 2 rings (SSSR count). The Morgan fingerprint density at radius 1 is 0.561 bits per heavy atom. The van der Waals surface area contributed by atoms with Crippen molar-refractivity contribution < 1.29 is 38.7 Å². The molecule has 314 valence electrons. The highest BCUT2D eigenvalue weighted by molar-refractivity contribution is 5.97. The van der Waals surface area contributed by atoms with E-state index in [0.717, 1.165) is 0 Å². The number of amides is 6. The molecular formula is C41H62N8O8. The summed E-state index contributed by atoms with van der Waals surface area (Å²) in [6, 6.07) is 10.0. The van der Waals surface area contributed by atoms with Crippen LogP contribution in [-0.2, 0) is 46.4 Å². The first kappa shape index (κ1) is 47.8. The number of carboxylic acids is 1. The van der Waals surface area contributed by atoms with Crippen LogP contribution in [0, 0.1) is 11.8 Å². The van der Waals surface area contributed by atoms with Crippen LogP contribution >= 0.6 is 0 Å². The number of carboxylic acid groups (broad SMARTS) is 1. The average molecular weight is 795 g/mol. The maximum Gasteiger partial charge on any atom is 0.326 e. The maximum atomic E-state index is 14.0. The first-order valence-corrected chi connectivity index (χ1v) is 19.5. The van der Waals surface area contributed by atoms with Gasteiger partial charge >= 0.3 is 5.97 Å². The lowest BCUT2D eigenvalue weighted by molar-refractivity contribution is -0.142. The Labute approximate surface area is 335 Å². The zero-order valence-electron chi connectivity index (χ0n) is 33.9. The Balaban J connectivity index is 2.30. The van der Waals surface area contributed by atoms with Crippen LogP contribution in [0.5, 0.6) is 0 Å². The number of aliphatic carboxylic acids is 1. The zero-order valence-corrected chi connectivity index (χ0v) is 33.9. The van der Waals surface area contributed by atoms with E-state index in [1.54, 1.807) is 74.5 Å². The quantitative estimate of drug-likeness (QED) is 0.0671. The molecule has 6 amide bonds. The van der Waals surface area contributed by atoms with Gasteiger partial charge in [-0.05, 0) is 69.0 Å². The highest BCUT2D eigenvalue weighted by Crippen LogP contribution is 2.12. The second-order valence-corrected chi connectivity index (χ2v) is 15.1. The SMILES string of the molecule is CC(C)C[C@H](NC(=O)[C@H](CCCCN)NC(=O)[C@H](C)NC(=O)[C@H](C)N)C(=O)N[C@H](C(=O)N[C@@H](Cc1ccccc1)C(=O)N[C@@H](Cc1ccccc1)C(=O)O)C(C)C. The van der Waals surface area contributed by atoms with Crippen LogP contribution in [0.15, 0.2) is 60.7 Å². The summed E-state index contributed by atoms with van der Waals surface area (Å²) in [5.74, 6) is -5.67. The van der Waals surface area contributed by atoms with Crippen LogP contribution in [0.25, 0.3) is 0 Å². The van der Waals surface area contributed by atoms with Crippen LogP contribution in [0.1, 0.15) is 78.4 Å². The summed E-state index contributed by atoms with van der Waals surface area (Å²) in [5, 5.41) is 25.9. The van der Waals surface area contributed by atoms with E-state index in [-0.39, 0.29) is 31.6 Å². The molecule has 0 bridgehead atoms. The molecule has 0 aliphatic heterocycles. The lowest BCUT2D eigenvalue weighted by Crippen LogP contribution is -2.61. The maximum absolute atomic E-state index is 14.0. The normalized spacial score (nSPS) is 14.8. The van der Waals surface area contributed by atoms with Crippen LogP contribution in [0.2, 0.25) is 0 Å². The van der Waals surface area contributed by atoms with Gasteiger partial charge in [0.25, 0.3) is 0 Å². The molecule has 0 saturated carbocycles. The van der Waals surface area contributed by atoms with Crippen molar-refractivity contribution in [3.05, 3.63) is 71.8 Å². The van der Waals surface area contributed by atoms with Gasteiger partial charge in [-0.2, -0.15) is 0 Å². The van der Waals surface area contributed by atoms with Crippen molar-refractivity contribution in [1.29, 1.82) is 0 Å². The Kier molecular flexibility index (Phi) is 20.4. The van der Waals surface area contributed by atoms with E-state index in [2.05, 4.69) is 31.9 Å². The standard InChI is InChI=1S/C41H62N8O8/c1-24(2)21-31(46-37(52)30(19-13-14-20-42)45-36(51)27(6)44-35(50)26(5)43)39(54)49-34(25(3)4)40(55)47-32(22-28-15-9-7-10-16-28)38(53)48-33(41(56)57)23-29-17-11-8-12-18-29/h7-12,15-18,24-27,30-34H,13-14,19-23,42-43H2,1-6H3,(H,44,50)(H,45,51)(H,46,52)(H,47,55)(H,48,53)(H,49,54)(H,56,57)/t26-,27-,30-,31-,32-,33-,34-/m0/s1. The van der Waals surface area contributed by atoms with E-state index in [0.29, 0.717) is 30.5 Å². The summed E-state index contributed by atoms with van der Waals surface area (Å²) in [7, 11) is 0. The number of hydrogen-bond acceptors (Lipinski definition) is 9. The topological polar surface area (TPSA) is 264 Å². The highest BCUT2D eigenvalue weighted by Gasteiger charge is 2.34. The van der Waals surface area contributed by atoms with Gasteiger partial charge in [-0.1, -0.05) is 88.4 Å². The van der Waals surface area contributed by atoms with Gasteiger partial charge in [0.15, 0.2) is 0 Å². The fourth-order valence-corrected chi connectivity index (χ4v) is 5.88. The summed E-state index contributed by atoms with van der Waals surface area (Å²) in [4.78, 5) is 92.6. The fourth-order valence-electron chi connectivity index (χ4n) is 5.88. The van der Waals surface area contributed by atoms with Crippen LogP contribution in [0.3, 0.4) is 0 Å². The van der Waals surface area contributed by atoms with Gasteiger partial charge in [-0.3, -0.25) is 28.8 Å².